The standard InChI is InChI=1S/C10H19O2/c1-4-7-8-9(11)10(12,5-2)6-3/h7-9,11-12H,1,4-6H2,2-3H3. The lowest BCUT2D eigenvalue weighted by molar-refractivity contribution is -0.0573. The van der Waals surface area contributed by atoms with Crippen LogP contribution < -0.4 is 0 Å². The van der Waals surface area contributed by atoms with Crippen LogP contribution in [-0.2, 0) is 0 Å². The smallest absolute Gasteiger partial charge is 0.101 e. The Bertz CT molecular complexity index is 137. The first-order chi connectivity index (χ1) is 5.60. The zero-order valence-corrected chi connectivity index (χ0v) is 7.95. The molecule has 2 heteroatoms. The number of rotatable bonds is 5. The topological polar surface area (TPSA) is 40.5 Å². The Morgan fingerprint density at radius 2 is 1.92 bits per heavy atom. The summed E-state index contributed by atoms with van der Waals surface area (Å²) in [6.07, 6.45) is 4.37. The van der Waals surface area contributed by atoms with Crippen molar-refractivity contribution in [3.05, 3.63) is 19.1 Å². The molecule has 2 nitrogen and oxygen atoms in total. The van der Waals surface area contributed by atoms with Crippen LogP contribution in [0.15, 0.2) is 12.2 Å². The lowest BCUT2D eigenvalue weighted by Crippen LogP contribution is -2.39. The van der Waals surface area contributed by atoms with E-state index >= 15 is 0 Å². The average Bonchev–Trinajstić information content (AvgIpc) is 2.12. The summed E-state index contributed by atoms with van der Waals surface area (Å²) in [6, 6.07) is 0. The fraction of sp³-hybridized carbons (Fsp3) is 0.700. The molecule has 71 valence electrons. The third-order valence-electron chi connectivity index (χ3n) is 2.26. The van der Waals surface area contributed by atoms with Crippen LogP contribution >= 0.6 is 0 Å². The minimum Gasteiger partial charge on any atom is -0.387 e. The number of allylic oxidation sites excluding steroid dienone is 1. The molecule has 0 spiro atoms. The van der Waals surface area contributed by atoms with E-state index < -0.39 is 11.7 Å². The minimum absolute atomic E-state index is 0.562. The van der Waals surface area contributed by atoms with Gasteiger partial charge in [-0.2, -0.15) is 0 Å². The number of hydrogen-bond donors (Lipinski definition) is 2. The fourth-order valence-corrected chi connectivity index (χ4v) is 1.07. The molecule has 1 radical (unpaired) electrons. The maximum Gasteiger partial charge on any atom is 0.101 e. The zero-order valence-electron chi connectivity index (χ0n) is 7.95. The van der Waals surface area contributed by atoms with E-state index in [4.69, 9.17) is 0 Å². The average molecular weight is 171 g/mol. The van der Waals surface area contributed by atoms with Gasteiger partial charge in [0.25, 0.3) is 0 Å². The molecule has 0 aliphatic rings. The fourth-order valence-electron chi connectivity index (χ4n) is 1.07. The third-order valence-corrected chi connectivity index (χ3v) is 2.26. The zero-order chi connectivity index (χ0) is 9.61. The SMILES string of the molecule is [CH2]CC=CC(O)C(O)(CC)CC. The Morgan fingerprint density at radius 1 is 1.42 bits per heavy atom. The molecule has 0 fully saturated rings. The van der Waals surface area contributed by atoms with Gasteiger partial charge in [0.2, 0.25) is 0 Å². The number of aliphatic hydroxyl groups is 2. The summed E-state index contributed by atoms with van der Waals surface area (Å²) in [5.41, 5.74) is -0.967. The van der Waals surface area contributed by atoms with Crippen molar-refractivity contribution in [2.45, 2.75) is 44.8 Å². The maximum atomic E-state index is 9.80. The van der Waals surface area contributed by atoms with E-state index in [-0.39, 0.29) is 0 Å². The normalized spacial score (nSPS) is 15.4. The molecule has 0 aliphatic heterocycles. The second kappa shape index (κ2) is 5.33. The van der Waals surface area contributed by atoms with Crippen LogP contribution in [-0.4, -0.2) is 21.9 Å². The summed E-state index contributed by atoms with van der Waals surface area (Å²) >= 11 is 0. The van der Waals surface area contributed by atoms with E-state index in [1.165, 1.54) is 0 Å². The molecule has 0 aromatic carbocycles. The van der Waals surface area contributed by atoms with Crippen LogP contribution in [0.1, 0.15) is 33.1 Å². The molecule has 0 heterocycles. The predicted molar refractivity (Wildman–Crippen MR) is 50.7 cm³/mol. The molecule has 0 rings (SSSR count). The summed E-state index contributed by atoms with van der Waals surface area (Å²) in [6.45, 7) is 7.34. The first-order valence-electron chi connectivity index (χ1n) is 4.47. The van der Waals surface area contributed by atoms with Crippen LogP contribution in [0.25, 0.3) is 0 Å². The van der Waals surface area contributed by atoms with E-state index in [0.717, 1.165) is 0 Å². The van der Waals surface area contributed by atoms with Gasteiger partial charge in [0.15, 0.2) is 0 Å². The molecular weight excluding hydrogens is 152 g/mol. The van der Waals surface area contributed by atoms with E-state index in [2.05, 4.69) is 6.92 Å². The van der Waals surface area contributed by atoms with Gasteiger partial charge in [0.05, 0.1) is 5.60 Å². The lowest BCUT2D eigenvalue weighted by Gasteiger charge is -2.28. The maximum absolute atomic E-state index is 9.80. The van der Waals surface area contributed by atoms with E-state index in [9.17, 15) is 10.2 Å². The van der Waals surface area contributed by atoms with Crippen molar-refractivity contribution >= 4 is 0 Å². The van der Waals surface area contributed by atoms with E-state index in [1.807, 2.05) is 13.8 Å². The molecule has 2 N–H and O–H groups in total. The molecule has 0 aromatic rings. The molecule has 1 atom stereocenters. The molecule has 1 unspecified atom stereocenters. The van der Waals surface area contributed by atoms with E-state index in [0.29, 0.717) is 19.3 Å². The molecule has 0 aromatic heterocycles. The Kier molecular flexibility index (Phi) is 5.18. The summed E-state index contributed by atoms with van der Waals surface area (Å²) in [7, 11) is 0. The molecule has 0 amide bonds. The second-order valence-electron chi connectivity index (χ2n) is 2.97. The van der Waals surface area contributed by atoms with Crippen molar-refractivity contribution < 1.29 is 10.2 Å². The highest BCUT2D eigenvalue weighted by atomic mass is 16.3. The van der Waals surface area contributed by atoms with Crippen molar-refractivity contribution in [2.75, 3.05) is 0 Å². The first-order valence-corrected chi connectivity index (χ1v) is 4.47. The van der Waals surface area contributed by atoms with Crippen LogP contribution in [0.2, 0.25) is 0 Å². The van der Waals surface area contributed by atoms with Crippen molar-refractivity contribution in [3.8, 4) is 0 Å². The largest absolute Gasteiger partial charge is 0.387 e. The summed E-state index contributed by atoms with van der Waals surface area (Å²) < 4.78 is 0. The summed E-state index contributed by atoms with van der Waals surface area (Å²) in [5.74, 6) is 0. The molecule has 0 saturated heterocycles. The lowest BCUT2D eigenvalue weighted by atomic mass is 9.90. The van der Waals surface area contributed by atoms with Crippen molar-refractivity contribution in [2.24, 2.45) is 0 Å². The number of hydrogen-bond acceptors (Lipinski definition) is 2. The van der Waals surface area contributed by atoms with Gasteiger partial charge in [0, 0.05) is 0 Å². The van der Waals surface area contributed by atoms with Gasteiger partial charge in [-0.15, -0.1) is 0 Å². The predicted octanol–water partition coefficient (Wildman–Crippen LogP) is 1.68. The number of aliphatic hydroxyl groups excluding tert-OH is 1. The van der Waals surface area contributed by atoms with Gasteiger partial charge in [-0.3, -0.25) is 0 Å². The highest BCUT2D eigenvalue weighted by Gasteiger charge is 2.29. The van der Waals surface area contributed by atoms with Crippen LogP contribution in [0.5, 0.6) is 0 Å². The first kappa shape index (κ1) is 11.7. The summed E-state index contributed by atoms with van der Waals surface area (Å²) in [5, 5.41) is 19.3. The Hall–Kier alpha value is -0.340. The monoisotopic (exact) mass is 171 g/mol. The Morgan fingerprint density at radius 3 is 2.25 bits per heavy atom. The van der Waals surface area contributed by atoms with Crippen molar-refractivity contribution in [3.63, 3.8) is 0 Å². The molecule has 0 aliphatic carbocycles. The highest BCUT2D eigenvalue weighted by Crippen LogP contribution is 2.20. The molecule has 0 bridgehead atoms. The molecule has 0 saturated carbocycles. The van der Waals surface area contributed by atoms with Crippen molar-refractivity contribution in [1.82, 2.24) is 0 Å². The van der Waals surface area contributed by atoms with Crippen LogP contribution in [0.4, 0.5) is 0 Å². The van der Waals surface area contributed by atoms with Crippen LogP contribution in [0, 0.1) is 6.92 Å². The highest BCUT2D eigenvalue weighted by molar-refractivity contribution is 4.99. The third kappa shape index (κ3) is 2.95. The Labute approximate surface area is 74.9 Å². The van der Waals surface area contributed by atoms with Crippen LogP contribution in [0.3, 0.4) is 0 Å². The van der Waals surface area contributed by atoms with Gasteiger partial charge in [-0.25, -0.2) is 0 Å². The van der Waals surface area contributed by atoms with Gasteiger partial charge in [-0.1, -0.05) is 26.0 Å². The Balaban J connectivity index is 4.20. The van der Waals surface area contributed by atoms with Gasteiger partial charge < -0.3 is 10.2 Å². The van der Waals surface area contributed by atoms with Gasteiger partial charge in [0.1, 0.15) is 6.10 Å². The summed E-state index contributed by atoms with van der Waals surface area (Å²) in [4.78, 5) is 0. The quantitative estimate of drug-likeness (QED) is 0.618. The second-order valence-corrected chi connectivity index (χ2v) is 2.97. The van der Waals surface area contributed by atoms with E-state index in [1.54, 1.807) is 12.2 Å². The molecular formula is C10H19O2. The van der Waals surface area contributed by atoms with Gasteiger partial charge >= 0.3 is 0 Å². The minimum atomic E-state index is -0.967. The molecule has 12 heavy (non-hydrogen) atoms. The van der Waals surface area contributed by atoms with Crippen molar-refractivity contribution in [1.29, 1.82) is 0 Å². The van der Waals surface area contributed by atoms with Gasteiger partial charge in [-0.05, 0) is 26.2 Å².